The first kappa shape index (κ1) is 20.2. The first-order valence-electron chi connectivity index (χ1n) is 8.96. The van der Waals surface area contributed by atoms with Crippen LogP contribution in [0.5, 0.6) is 0 Å². The smallest absolute Gasteiger partial charge is 0.328 e. The molecule has 150 valence electrons. The SMILES string of the molecule is COC(=O)[C@H](CCSC)NC(=O)N1CCc2[nH]cnc2C1c1cccc(F)c1. The number of carbonyl (C=O) groups excluding carboxylic acids is 2. The van der Waals surface area contributed by atoms with Crippen LogP contribution in [0, 0.1) is 5.82 Å². The number of fused-ring (bicyclic) bond motifs is 1. The van der Waals surface area contributed by atoms with Crippen LogP contribution in [0.15, 0.2) is 30.6 Å². The molecular formula is C19H23FN4O3S. The van der Waals surface area contributed by atoms with Gasteiger partial charge in [-0.25, -0.2) is 19.0 Å². The van der Waals surface area contributed by atoms with Gasteiger partial charge in [0.15, 0.2) is 0 Å². The lowest BCUT2D eigenvalue weighted by atomic mass is 9.96. The van der Waals surface area contributed by atoms with E-state index in [1.807, 2.05) is 6.26 Å². The van der Waals surface area contributed by atoms with E-state index in [9.17, 15) is 14.0 Å². The van der Waals surface area contributed by atoms with Gasteiger partial charge in [-0.1, -0.05) is 12.1 Å². The van der Waals surface area contributed by atoms with E-state index in [1.165, 1.54) is 19.2 Å². The van der Waals surface area contributed by atoms with Gasteiger partial charge in [0.1, 0.15) is 17.9 Å². The largest absolute Gasteiger partial charge is 0.467 e. The van der Waals surface area contributed by atoms with E-state index in [0.717, 1.165) is 5.69 Å². The molecule has 0 radical (unpaired) electrons. The highest BCUT2D eigenvalue weighted by atomic mass is 32.2. The standard InChI is InChI=1S/C19H23FN4O3S/c1-27-18(25)15(7-9-28-2)23-19(26)24-8-6-14-16(22-11-21-14)17(24)12-4-3-5-13(20)10-12/h3-5,10-11,15,17H,6-9H2,1-2H3,(H,21,22)(H,23,26)/t15-,17?/m0/s1. The summed E-state index contributed by atoms with van der Waals surface area (Å²) in [7, 11) is 1.30. The molecule has 28 heavy (non-hydrogen) atoms. The first-order valence-corrected chi connectivity index (χ1v) is 10.4. The number of hydrogen-bond donors (Lipinski definition) is 2. The number of carbonyl (C=O) groups is 2. The van der Waals surface area contributed by atoms with Crippen LogP contribution in [0.25, 0.3) is 0 Å². The van der Waals surface area contributed by atoms with Crippen LogP contribution in [0.1, 0.15) is 29.4 Å². The summed E-state index contributed by atoms with van der Waals surface area (Å²) in [4.78, 5) is 34.2. The quantitative estimate of drug-likeness (QED) is 0.720. The second-order valence-corrected chi connectivity index (χ2v) is 7.46. The predicted octanol–water partition coefficient (Wildman–Crippen LogP) is 2.50. The Labute approximate surface area is 167 Å². The summed E-state index contributed by atoms with van der Waals surface area (Å²) in [5.41, 5.74) is 2.23. The van der Waals surface area contributed by atoms with E-state index in [0.29, 0.717) is 36.4 Å². The topological polar surface area (TPSA) is 87.3 Å². The minimum Gasteiger partial charge on any atom is -0.467 e. The minimum atomic E-state index is -0.737. The van der Waals surface area contributed by atoms with Gasteiger partial charge in [0, 0.05) is 18.7 Å². The molecule has 9 heteroatoms. The molecule has 0 saturated carbocycles. The van der Waals surface area contributed by atoms with E-state index < -0.39 is 24.1 Å². The lowest BCUT2D eigenvalue weighted by Crippen LogP contribution is -2.51. The van der Waals surface area contributed by atoms with E-state index in [-0.39, 0.29) is 5.82 Å². The lowest BCUT2D eigenvalue weighted by molar-refractivity contribution is -0.142. The average molecular weight is 406 g/mol. The second kappa shape index (κ2) is 9.09. The molecule has 1 aromatic heterocycles. The minimum absolute atomic E-state index is 0.382. The molecular weight excluding hydrogens is 383 g/mol. The maximum atomic E-state index is 13.8. The highest BCUT2D eigenvalue weighted by Gasteiger charge is 2.35. The molecule has 1 aliphatic rings. The molecule has 2 amide bonds. The van der Waals surface area contributed by atoms with Gasteiger partial charge in [-0.05, 0) is 36.1 Å². The Balaban J connectivity index is 1.88. The average Bonchev–Trinajstić information content (AvgIpc) is 3.18. The Hall–Kier alpha value is -2.55. The van der Waals surface area contributed by atoms with Crippen LogP contribution in [-0.4, -0.2) is 58.6 Å². The van der Waals surface area contributed by atoms with Gasteiger partial charge in [0.2, 0.25) is 0 Å². The number of methoxy groups -OCH3 is 1. The summed E-state index contributed by atoms with van der Waals surface area (Å²) in [6.45, 7) is 0.415. The number of thioether (sulfide) groups is 1. The van der Waals surface area contributed by atoms with Crippen LogP contribution >= 0.6 is 11.8 Å². The number of imidazole rings is 1. The molecule has 0 saturated heterocycles. The number of aromatic nitrogens is 2. The van der Waals surface area contributed by atoms with E-state index in [2.05, 4.69) is 15.3 Å². The van der Waals surface area contributed by atoms with Crippen molar-refractivity contribution >= 4 is 23.8 Å². The van der Waals surface area contributed by atoms with E-state index in [1.54, 1.807) is 35.1 Å². The Morgan fingerprint density at radius 3 is 3.04 bits per heavy atom. The number of halogens is 1. The van der Waals surface area contributed by atoms with Gasteiger partial charge in [-0.2, -0.15) is 11.8 Å². The van der Waals surface area contributed by atoms with Crippen LogP contribution in [0.2, 0.25) is 0 Å². The highest BCUT2D eigenvalue weighted by molar-refractivity contribution is 7.98. The van der Waals surface area contributed by atoms with Crippen LogP contribution in [0.4, 0.5) is 9.18 Å². The molecule has 0 bridgehead atoms. The van der Waals surface area contributed by atoms with Crippen molar-refractivity contribution in [1.82, 2.24) is 20.2 Å². The molecule has 0 fully saturated rings. The summed E-state index contributed by atoms with van der Waals surface area (Å²) < 4.78 is 18.7. The number of hydrogen-bond acceptors (Lipinski definition) is 5. The van der Waals surface area contributed by atoms with Gasteiger partial charge in [-0.3, -0.25) is 0 Å². The second-order valence-electron chi connectivity index (χ2n) is 6.47. The first-order chi connectivity index (χ1) is 13.5. The summed E-state index contributed by atoms with van der Waals surface area (Å²) in [5, 5.41) is 2.78. The molecule has 3 rings (SSSR count). The number of aromatic amines is 1. The number of benzene rings is 1. The Kier molecular flexibility index (Phi) is 6.56. The van der Waals surface area contributed by atoms with E-state index >= 15 is 0 Å². The fraction of sp³-hybridized carbons (Fsp3) is 0.421. The lowest BCUT2D eigenvalue weighted by Gasteiger charge is -2.36. The maximum Gasteiger partial charge on any atom is 0.328 e. The van der Waals surface area contributed by atoms with Gasteiger partial charge in [0.05, 0.1) is 19.1 Å². The highest BCUT2D eigenvalue weighted by Crippen LogP contribution is 2.33. The molecule has 1 aliphatic heterocycles. The fourth-order valence-corrected chi connectivity index (χ4v) is 3.84. The zero-order valence-corrected chi connectivity index (χ0v) is 16.6. The molecule has 1 aromatic carbocycles. The molecule has 2 N–H and O–H groups in total. The monoisotopic (exact) mass is 406 g/mol. The van der Waals surface area contributed by atoms with Gasteiger partial charge in [0.25, 0.3) is 0 Å². The number of H-pyrrole nitrogens is 1. The van der Waals surface area contributed by atoms with Crippen molar-refractivity contribution in [3.8, 4) is 0 Å². The summed E-state index contributed by atoms with van der Waals surface area (Å²) in [6, 6.07) is 4.46. The molecule has 1 unspecified atom stereocenters. The summed E-state index contributed by atoms with van der Waals surface area (Å²) in [6.07, 6.45) is 4.57. The normalized spacial score (nSPS) is 17.0. The molecule has 0 spiro atoms. The van der Waals surface area contributed by atoms with Crippen molar-refractivity contribution in [3.63, 3.8) is 0 Å². The summed E-state index contributed by atoms with van der Waals surface area (Å²) in [5.74, 6) is -0.160. The number of rotatable bonds is 6. The van der Waals surface area contributed by atoms with Crippen molar-refractivity contribution < 1.29 is 18.7 Å². The van der Waals surface area contributed by atoms with Crippen LogP contribution < -0.4 is 5.32 Å². The van der Waals surface area contributed by atoms with Gasteiger partial charge in [-0.15, -0.1) is 0 Å². The summed E-state index contributed by atoms with van der Waals surface area (Å²) >= 11 is 1.58. The zero-order chi connectivity index (χ0) is 20.1. The van der Waals surface area contributed by atoms with Crippen molar-refractivity contribution in [2.75, 3.05) is 25.7 Å². The van der Waals surface area contributed by atoms with Crippen LogP contribution in [0.3, 0.4) is 0 Å². The number of urea groups is 1. The molecule has 7 nitrogen and oxygen atoms in total. The van der Waals surface area contributed by atoms with Crippen molar-refractivity contribution in [3.05, 3.63) is 53.4 Å². The van der Waals surface area contributed by atoms with Crippen molar-refractivity contribution in [2.45, 2.75) is 24.9 Å². The maximum absolute atomic E-state index is 13.8. The number of amides is 2. The third-order valence-corrected chi connectivity index (χ3v) is 5.39. The van der Waals surface area contributed by atoms with Crippen molar-refractivity contribution in [2.24, 2.45) is 0 Å². The Morgan fingerprint density at radius 1 is 1.50 bits per heavy atom. The number of nitrogens with one attached hydrogen (secondary N) is 2. The van der Waals surface area contributed by atoms with Crippen molar-refractivity contribution in [1.29, 1.82) is 0 Å². The zero-order valence-electron chi connectivity index (χ0n) is 15.8. The molecule has 2 heterocycles. The third kappa shape index (κ3) is 4.30. The van der Waals surface area contributed by atoms with E-state index in [4.69, 9.17) is 4.74 Å². The third-order valence-electron chi connectivity index (χ3n) is 4.74. The number of nitrogens with zero attached hydrogens (tertiary/aromatic N) is 2. The van der Waals surface area contributed by atoms with Crippen LogP contribution in [-0.2, 0) is 16.0 Å². The molecule has 2 aromatic rings. The fourth-order valence-electron chi connectivity index (χ4n) is 3.37. The Bertz CT molecular complexity index is 844. The predicted molar refractivity (Wildman–Crippen MR) is 105 cm³/mol. The molecule has 2 atom stereocenters. The van der Waals surface area contributed by atoms with Gasteiger partial charge >= 0.3 is 12.0 Å². The number of esters is 1. The Morgan fingerprint density at radius 2 is 2.32 bits per heavy atom. The molecule has 0 aliphatic carbocycles. The van der Waals surface area contributed by atoms with Gasteiger partial charge < -0.3 is 19.9 Å². The number of ether oxygens (including phenoxy) is 1.